The molecule has 32 heavy (non-hydrogen) atoms. The number of halogens is 2. The molecule has 1 heterocycles. The summed E-state index contributed by atoms with van der Waals surface area (Å²) in [6.07, 6.45) is -0.131. The van der Waals surface area contributed by atoms with Gasteiger partial charge in [-0.1, -0.05) is 39.7 Å². The average molecular weight is 523 g/mol. The van der Waals surface area contributed by atoms with E-state index in [1.807, 2.05) is 13.8 Å². The lowest BCUT2D eigenvalue weighted by molar-refractivity contribution is -0.151. The molecule has 3 amide bonds. The summed E-state index contributed by atoms with van der Waals surface area (Å²) in [6.45, 7) is 3.27. The number of hydrogen-bond acceptors (Lipinski definition) is 5. The van der Waals surface area contributed by atoms with E-state index in [0.717, 1.165) is 20.6 Å². The predicted octanol–water partition coefficient (Wildman–Crippen LogP) is 3.39. The number of amides is 3. The van der Waals surface area contributed by atoms with Crippen LogP contribution in [-0.4, -0.2) is 41.9 Å². The zero-order valence-corrected chi connectivity index (χ0v) is 19.7. The highest BCUT2D eigenvalue weighted by Gasteiger charge is 2.37. The maximum absolute atomic E-state index is 12.3. The van der Waals surface area contributed by atoms with Crippen LogP contribution in [0.25, 0.3) is 0 Å². The van der Waals surface area contributed by atoms with Gasteiger partial charge >= 0.3 is 5.97 Å². The van der Waals surface area contributed by atoms with E-state index in [1.54, 1.807) is 30.3 Å². The Bertz CT molecular complexity index is 1070. The molecule has 1 aliphatic rings. The maximum atomic E-state index is 12.3. The molecule has 0 bridgehead atoms. The lowest BCUT2D eigenvalue weighted by atomic mass is 10.1. The number of rotatable bonds is 6. The van der Waals surface area contributed by atoms with Crippen LogP contribution in [-0.2, 0) is 19.1 Å². The van der Waals surface area contributed by atoms with Crippen LogP contribution in [0.5, 0.6) is 0 Å². The Hall–Kier alpha value is -2.91. The fourth-order valence-electron chi connectivity index (χ4n) is 3.27. The molecule has 168 valence electrons. The minimum Gasteiger partial charge on any atom is -0.455 e. The summed E-state index contributed by atoms with van der Waals surface area (Å²) in [5.41, 5.74) is 5.17. The topological polar surface area (TPSA) is 105 Å². The quantitative estimate of drug-likeness (QED) is 0.566. The highest BCUT2D eigenvalue weighted by Crippen LogP contribution is 2.25. The van der Waals surface area contributed by atoms with Gasteiger partial charge in [0.25, 0.3) is 11.8 Å². The van der Waals surface area contributed by atoms with Gasteiger partial charge in [-0.3, -0.25) is 29.6 Å². The van der Waals surface area contributed by atoms with Crippen molar-refractivity contribution >= 4 is 56.9 Å². The third-order valence-electron chi connectivity index (χ3n) is 4.88. The van der Waals surface area contributed by atoms with Gasteiger partial charge in [-0.15, -0.1) is 0 Å². The number of benzene rings is 2. The molecule has 8 nitrogen and oxygen atoms in total. The molecular formula is C22H21BrClN3O5. The smallest absolute Gasteiger partial charge is 0.311 e. The van der Waals surface area contributed by atoms with Crippen LogP contribution >= 0.6 is 27.5 Å². The van der Waals surface area contributed by atoms with E-state index in [-0.39, 0.29) is 23.6 Å². The van der Waals surface area contributed by atoms with Crippen molar-refractivity contribution in [1.82, 2.24) is 10.4 Å². The summed E-state index contributed by atoms with van der Waals surface area (Å²) < 4.78 is 6.03. The van der Waals surface area contributed by atoms with Crippen molar-refractivity contribution in [3.63, 3.8) is 0 Å². The molecule has 2 N–H and O–H groups in total. The van der Waals surface area contributed by atoms with Gasteiger partial charge in [0.1, 0.15) is 0 Å². The normalized spacial score (nSPS) is 15.4. The van der Waals surface area contributed by atoms with Crippen LogP contribution in [0.4, 0.5) is 5.69 Å². The first kappa shape index (κ1) is 23.7. The molecule has 3 rings (SSSR count). The van der Waals surface area contributed by atoms with Crippen molar-refractivity contribution in [3.05, 3.63) is 62.6 Å². The Morgan fingerprint density at radius 3 is 2.50 bits per heavy atom. The number of hydrogen-bond donors (Lipinski definition) is 2. The van der Waals surface area contributed by atoms with E-state index in [2.05, 4.69) is 26.7 Å². The number of aryl methyl sites for hydroxylation is 2. The number of carbonyl (C=O) groups excluding carboxylic acids is 4. The third-order valence-corrected chi connectivity index (χ3v) is 6.46. The molecule has 0 unspecified atom stereocenters. The Kier molecular flexibility index (Phi) is 7.52. The van der Waals surface area contributed by atoms with Crippen molar-refractivity contribution in [2.45, 2.75) is 20.3 Å². The fraction of sp³-hybridized carbons (Fsp3) is 0.273. The highest BCUT2D eigenvalue weighted by atomic mass is 79.9. The van der Waals surface area contributed by atoms with E-state index >= 15 is 0 Å². The second-order valence-corrected chi connectivity index (χ2v) is 8.61. The van der Waals surface area contributed by atoms with Gasteiger partial charge in [-0.05, 0) is 49.2 Å². The first-order chi connectivity index (χ1) is 15.2. The first-order valence-electron chi connectivity index (χ1n) is 9.75. The molecule has 0 radical (unpaired) electrons. The van der Waals surface area contributed by atoms with E-state index in [1.165, 1.54) is 6.07 Å². The van der Waals surface area contributed by atoms with E-state index in [0.29, 0.717) is 5.69 Å². The average Bonchev–Trinajstić information content (AvgIpc) is 3.10. The van der Waals surface area contributed by atoms with Crippen LogP contribution in [0, 0.1) is 19.8 Å². The Morgan fingerprint density at radius 1 is 1.19 bits per heavy atom. The van der Waals surface area contributed by atoms with Gasteiger partial charge in [-0.25, -0.2) is 0 Å². The van der Waals surface area contributed by atoms with Crippen LogP contribution in [0.2, 0.25) is 5.02 Å². The second kappa shape index (κ2) is 10.1. The summed E-state index contributed by atoms with van der Waals surface area (Å²) in [4.78, 5) is 49.0. The minimum atomic E-state index is -0.793. The summed E-state index contributed by atoms with van der Waals surface area (Å²) in [5, 5.41) is 3.99. The zero-order valence-electron chi connectivity index (χ0n) is 17.4. The minimum absolute atomic E-state index is 0.0550. The summed E-state index contributed by atoms with van der Waals surface area (Å²) in [6, 6.07) is 10.0. The SMILES string of the molecule is Cc1cc(NC(=O)COC(=O)[C@@H]2CC(=O)N(NC(=O)c3ccccc3Cl)C2)cc(C)c1Br. The molecular weight excluding hydrogens is 502 g/mol. The largest absolute Gasteiger partial charge is 0.455 e. The molecule has 1 aliphatic heterocycles. The number of nitrogens with zero attached hydrogens (tertiary/aromatic N) is 1. The van der Waals surface area contributed by atoms with Crippen LogP contribution < -0.4 is 10.7 Å². The van der Waals surface area contributed by atoms with Crippen molar-refractivity contribution in [2.75, 3.05) is 18.5 Å². The molecule has 1 atom stereocenters. The third kappa shape index (κ3) is 5.66. The summed E-state index contributed by atoms with van der Waals surface area (Å²) in [7, 11) is 0. The Morgan fingerprint density at radius 2 is 1.84 bits per heavy atom. The molecule has 10 heteroatoms. The van der Waals surface area contributed by atoms with E-state index < -0.39 is 36.2 Å². The van der Waals surface area contributed by atoms with E-state index in [4.69, 9.17) is 16.3 Å². The van der Waals surface area contributed by atoms with Crippen molar-refractivity contribution in [2.24, 2.45) is 5.92 Å². The predicted molar refractivity (Wildman–Crippen MR) is 122 cm³/mol. The second-order valence-electron chi connectivity index (χ2n) is 7.41. The molecule has 0 aliphatic carbocycles. The van der Waals surface area contributed by atoms with Gasteiger partial charge in [0.05, 0.1) is 23.0 Å². The number of ether oxygens (including phenoxy) is 1. The number of esters is 1. The Balaban J connectivity index is 1.51. The van der Waals surface area contributed by atoms with E-state index in [9.17, 15) is 19.2 Å². The van der Waals surface area contributed by atoms with Crippen molar-refractivity contribution in [1.29, 1.82) is 0 Å². The number of anilines is 1. The van der Waals surface area contributed by atoms with Crippen molar-refractivity contribution < 1.29 is 23.9 Å². The highest BCUT2D eigenvalue weighted by molar-refractivity contribution is 9.10. The van der Waals surface area contributed by atoms with Crippen LogP contribution in [0.3, 0.4) is 0 Å². The van der Waals surface area contributed by atoms with Crippen molar-refractivity contribution in [3.8, 4) is 0 Å². The van der Waals surface area contributed by atoms with Gasteiger partial charge in [0.2, 0.25) is 5.91 Å². The standard InChI is InChI=1S/C22H21BrClN3O5/c1-12-7-15(8-13(2)20(12)23)25-18(28)11-32-22(31)14-9-19(29)27(10-14)26-21(30)16-5-3-4-6-17(16)24/h3-8,14H,9-11H2,1-2H3,(H,25,28)(H,26,30)/t14-/m1/s1. The molecule has 0 spiro atoms. The molecule has 0 saturated carbocycles. The molecule has 0 aromatic heterocycles. The Labute approximate surface area is 198 Å². The lowest BCUT2D eigenvalue weighted by Crippen LogP contribution is -2.43. The summed E-state index contributed by atoms with van der Waals surface area (Å²) >= 11 is 9.46. The molecule has 1 saturated heterocycles. The zero-order chi connectivity index (χ0) is 23.4. The van der Waals surface area contributed by atoms with Crippen LogP contribution in [0.15, 0.2) is 40.9 Å². The molecule has 2 aromatic rings. The lowest BCUT2D eigenvalue weighted by Gasteiger charge is -2.18. The van der Waals surface area contributed by atoms with Gasteiger partial charge in [0.15, 0.2) is 6.61 Å². The van der Waals surface area contributed by atoms with Crippen LogP contribution in [0.1, 0.15) is 27.9 Å². The van der Waals surface area contributed by atoms with Gasteiger partial charge in [-0.2, -0.15) is 0 Å². The number of carbonyl (C=O) groups is 4. The number of hydrazine groups is 1. The first-order valence-corrected chi connectivity index (χ1v) is 10.9. The monoisotopic (exact) mass is 521 g/mol. The number of nitrogens with one attached hydrogen (secondary N) is 2. The maximum Gasteiger partial charge on any atom is 0.311 e. The van der Waals surface area contributed by atoms with Gasteiger partial charge in [0, 0.05) is 16.6 Å². The fourth-order valence-corrected chi connectivity index (χ4v) is 3.72. The molecule has 1 fully saturated rings. The summed E-state index contributed by atoms with van der Waals surface area (Å²) in [5.74, 6) is -2.96. The molecule has 2 aromatic carbocycles. The van der Waals surface area contributed by atoms with Gasteiger partial charge < -0.3 is 10.1 Å².